The van der Waals surface area contributed by atoms with Crippen LogP contribution >= 0.6 is 0 Å². The molecule has 1 unspecified atom stereocenters. The van der Waals surface area contributed by atoms with Crippen LogP contribution in [0.15, 0.2) is 18.2 Å². The van der Waals surface area contributed by atoms with Crippen LogP contribution in [0, 0.1) is 0 Å². The number of hydrogen-bond acceptors (Lipinski definition) is 6. The first kappa shape index (κ1) is 26.2. The van der Waals surface area contributed by atoms with Gasteiger partial charge in [-0.05, 0) is 56.9 Å². The van der Waals surface area contributed by atoms with E-state index in [1.807, 2.05) is 0 Å². The van der Waals surface area contributed by atoms with Gasteiger partial charge in [0.25, 0.3) is 0 Å². The second-order valence-corrected chi connectivity index (χ2v) is 9.07. The molecule has 1 heterocycles. The van der Waals surface area contributed by atoms with Crippen LogP contribution in [0.1, 0.15) is 77.5 Å². The zero-order chi connectivity index (χ0) is 24.8. The van der Waals surface area contributed by atoms with E-state index in [4.69, 9.17) is 9.47 Å². The number of amides is 3. The molecule has 1 aliphatic rings. The Labute approximate surface area is 195 Å². The third kappa shape index (κ3) is 6.94. The van der Waals surface area contributed by atoms with Crippen molar-refractivity contribution in [3.05, 3.63) is 29.3 Å². The number of carbonyl (C=O) groups excluding carboxylic acids is 4. The maximum absolute atomic E-state index is 12.9. The standard InChI is InChI=1S/C24H35N3O6/c1-7-8-9-10-20(29)26-14-13-17-11-12-18(15-19(17)21(26)22(30)32-6)27(16(2)28)25-23(31)33-24(3,4)5/h11-12,15,21H,7-10,13-14H2,1-6H3,(H,25,31). The summed E-state index contributed by atoms with van der Waals surface area (Å²) in [5, 5.41) is 1.06. The molecular formula is C24H35N3O6. The number of fused-ring (bicyclic) bond motifs is 1. The summed E-state index contributed by atoms with van der Waals surface area (Å²) in [6, 6.07) is 4.21. The Bertz CT molecular complexity index is 893. The number of hydrazine groups is 1. The smallest absolute Gasteiger partial charge is 0.427 e. The highest BCUT2D eigenvalue weighted by molar-refractivity contribution is 5.94. The van der Waals surface area contributed by atoms with Gasteiger partial charge in [-0.3, -0.25) is 9.59 Å². The fourth-order valence-corrected chi connectivity index (χ4v) is 3.76. The quantitative estimate of drug-likeness (QED) is 0.394. The molecule has 9 nitrogen and oxygen atoms in total. The van der Waals surface area contributed by atoms with Crippen molar-refractivity contribution >= 4 is 29.6 Å². The van der Waals surface area contributed by atoms with Crippen LogP contribution < -0.4 is 10.4 Å². The molecule has 182 valence electrons. The van der Waals surface area contributed by atoms with Gasteiger partial charge < -0.3 is 14.4 Å². The van der Waals surface area contributed by atoms with Gasteiger partial charge in [0.1, 0.15) is 5.60 Å². The molecule has 0 spiro atoms. The zero-order valence-corrected chi connectivity index (χ0v) is 20.4. The fourth-order valence-electron chi connectivity index (χ4n) is 3.76. The van der Waals surface area contributed by atoms with Crippen LogP contribution in [0.5, 0.6) is 0 Å². The first-order valence-electron chi connectivity index (χ1n) is 11.3. The number of methoxy groups -OCH3 is 1. The summed E-state index contributed by atoms with van der Waals surface area (Å²) >= 11 is 0. The number of esters is 1. The van der Waals surface area contributed by atoms with Crippen molar-refractivity contribution in [2.75, 3.05) is 18.7 Å². The Hall–Kier alpha value is -3.10. The molecule has 0 bridgehead atoms. The Morgan fingerprint density at radius 1 is 1.18 bits per heavy atom. The lowest BCUT2D eigenvalue weighted by Gasteiger charge is -2.36. The summed E-state index contributed by atoms with van der Waals surface area (Å²) in [6.45, 7) is 8.93. The van der Waals surface area contributed by atoms with Gasteiger partial charge in [-0.25, -0.2) is 20.0 Å². The van der Waals surface area contributed by atoms with E-state index in [2.05, 4.69) is 12.3 Å². The number of ether oxygens (including phenoxy) is 2. The topological polar surface area (TPSA) is 105 Å². The number of benzene rings is 1. The van der Waals surface area contributed by atoms with Crippen LogP contribution in [0.4, 0.5) is 10.5 Å². The van der Waals surface area contributed by atoms with Crippen LogP contribution in [-0.2, 0) is 30.3 Å². The maximum Gasteiger partial charge on any atom is 0.427 e. The first-order chi connectivity index (χ1) is 15.5. The molecule has 1 aliphatic heterocycles. The van der Waals surface area contributed by atoms with E-state index in [1.165, 1.54) is 14.0 Å². The van der Waals surface area contributed by atoms with Crippen molar-refractivity contribution in [1.29, 1.82) is 0 Å². The van der Waals surface area contributed by atoms with E-state index in [9.17, 15) is 19.2 Å². The molecule has 3 amide bonds. The van der Waals surface area contributed by atoms with Crippen LogP contribution in [0.2, 0.25) is 0 Å². The summed E-state index contributed by atoms with van der Waals surface area (Å²) in [4.78, 5) is 51.8. The minimum absolute atomic E-state index is 0.106. The van der Waals surface area contributed by atoms with E-state index < -0.39 is 29.6 Å². The third-order valence-corrected chi connectivity index (χ3v) is 5.27. The van der Waals surface area contributed by atoms with Gasteiger partial charge in [0.2, 0.25) is 11.8 Å². The molecule has 1 aromatic rings. The lowest BCUT2D eigenvalue weighted by atomic mass is 9.91. The highest BCUT2D eigenvalue weighted by Gasteiger charge is 2.37. The molecule has 0 saturated carbocycles. The highest BCUT2D eigenvalue weighted by atomic mass is 16.6. The van der Waals surface area contributed by atoms with Gasteiger partial charge in [0.15, 0.2) is 6.04 Å². The average Bonchev–Trinajstić information content (AvgIpc) is 2.74. The van der Waals surface area contributed by atoms with E-state index in [1.54, 1.807) is 43.9 Å². The molecule has 0 saturated heterocycles. The van der Waals surface area contributed by atoms with Crippen molar-refractivity contribution in [1.82, 2.24) is 10.3 Å². The molecule has 33 heavy (non-hydrogen) atoms. The number of rotatable bonds is 6. The minimum atomic E-state index is -0.914. The number of carbonyl (C=O) groups is 4. The average molecular weight is 462 g/mol. The predicted molar refractivity (Wildman–Crippen MR) is 123 cm³/mol. The Morgan fingerprint density at radius 3 is 2.45 bits per heavy atom. The van der Waals surface area contributed by atoms with Gasteiger partial charge in [-0.1, -0.05) is 25.8 Å². The highest BCUT2D eigenvalue weighted by Crippen LogP contribution is 2.34. The molecule has 0 aliphatic carbocycles. The summed E-state index contributed by atoms with van der Waals surface area (Å²) in [5.41, 5.74) is 3.52. The molecular weight excluding hydrogens is 426 g/mol. The normalized spacial score (nSPS) is 15.3. The molecule has 1 aromatic carbocycles. The summed E-state index contributed by atoms with van der Waals surface area (Å²) in [7, 11) is 1.28. The van der Waals surface area contributed by atoms with Crippen LogP contribution in [0.25, 0.3) is 0 Å². The van der Waals surface area contributed by atoms with Gasteiger partial charge in [-0.15, -0.1) is 0 Å². The van der Waals surface area contributed by atoms with Crippen LogP contribution in [0.3, 0.4) is 0 Å². The molecule has 0 fully saturated rings. The largest absolute Gasteiger partial charge is 0.467 e. The molecule has 1 atom stereocenters. The van der Waals surface area contributed by atoms with E-state index in [0.29, 0.717) is 30.6 Å². The lowest BCUT2D eigenvalue weighted by Crippen LogP contribution is -2.48. The fraction of sp³-hybridized carbons (Fsp3) is 0.583. The summed E-state index contributed by atoms with van der Waals surface area (Å²) in [5.74, 6) is -1.10. The van der Waals surface area contributed by atoms with Gasteiger partial charge >= 0.3 is 12.1 Å². The van der Waals surface area contributed by atoms with Gasteiger partial charge in [0, 0.05) is 19.9 Å². The number of anilines is 1. The summed E-state index contributed by atoms with van der Waals surface area (Å²) < 4.78 is 10.3. The molecule has 0 aromatic heterocycles. The number of nitrogens with one attached hydrogen (secondary N) is 1. The van der Waals surface area contributed by atoms with Crippen molar-refractivity contribution < 1.29 is 28.7 Å². The third-order valence-electron chi connectivity index (χ3n) is 5.27. The monoisotopic (exact) mass is 461 g/mol. The SMILES string of the molecule is CCCCCC(=O)N1CCc2ccc(N(NC(=O)OC(C)(C)C)C(C)=O)cc2C1C(=O)OC. The molecule has 0 radical (unpaired) electrons. The minimum Gasteiger partial charge on any atom is -0.467 e. The Balaban J connectivity index is 2.38. The van der Waals surface area contributed by atoms with E-state index in [-0.39, 0.29) is 5.91 Å². The second-order valence-electron chi connectivity index (χ2n) is 9.07. The molecule has 1 N–H and O–H groups in total. The van der Waals surface area contributed by atoms with Crippen molar-refractivity contribution in [2.24, 2.45) is 0 Å². The number of unbranched alkanes of at least 4 members (excludes halogenated alkanes) is 2. The second kappa shape index (κ2) is 11.2. The van der Waals surface area contributed by atoms with Crippen molar-refractivity contribution in [3.63, 3.8) is 0 Å². The molecule has 9 heteroatoms. The van der Waals surface area contributed by atoms with E-state index in [0.717, 1.165) is 29.8 Å². The van der Waals surface area contributed by atoms with Crippen molar-refractivity contribution in [2.45, 2.75) is 78.4 Å². The zero-order valence-electron chi connectivity index (χ0n) is 20.4. The lowest BCUT2D eigenvalue weighted by molar-refractivity contribution is -0.154. The van der Waals surface area contributed by atoms with Gasteiger partial charge in [-0.2, -0.15) is 0 Å². The molecule has 2 rings (SSSR count). The number of hydrogen-bond donors (Lipinski definition) is 1. The van der Waals surface area contributed by atoms with Crippen LogP contribution in [-0.4, -0.2) is 48.0 Å². The Morgan fingerprint density at radius 2 is 1.88 bits per heavy atom. The Kier molecular flexibility index (Phi) is 8.84. The maximum atomic E-state index is 12.9. The predicted octanol–water partition coefficient (Wildman–Crippen LogP) is 3.66. The van der Waals surface area contributed by atoms with E-state index >= 15 is 0 Å². The first-order valence-corrected chi connectivity index (χ1v) is 11.3. The number of nitrogens with zero attached hydrogens (tertiary/aromatic N) is 2. The van der Waals surface area contributed by atoms with Crippen molar-refractivity contribution in [3.8, 4) is 0 Å². The summed E-state index contributed by atoms with van der Waals surface area (Å²) in [6.07, 6.45) is 2.83. The van der Waals surface area contributed by atoms with Gasteiger partial charge in [0.05, 0.1) is 12.8 Å².